The minimum absolute atomic E-state index is 0.251. The van der Waals surface area contributed by atoms with Crippen molar-refractivity contribution in [1.29, 1.82) is 0 Å². The molecule has 1 N–H and O–H groups in total. The third kappa shape index (κ3) is 2.76. The Kier molecular flexibility index (Phi) is 3.39. The SMILES string of the molecule is Cc1cccc(CCn2nnc3ccc(C(=O)O)cc32)c1. The van der Waals surface area contributed by atoms with E-state index < -0.39 is 5.97 Å². The molecule has 0 radical (unpaired) electrons. The van der Waals surface area contributed by atoms with Crippen molar-refractivity contribution in [3.63, 3.8) is 0 Å². The summed E-state index contributed by atoms with van der Waals surface area (Å²) in [4.78, 5) is 11.0. The standard InChI is InChI=1S/C16H15N3O2/c1-11-3-2-4-12(9-11)7-8-19-15-10-13(16(20)21)5-6-14(15)17-18-19/h2-6,9-10H,7-8H2,1H3,(H,20,21). The third-order valence-electron chi connectivity index (χ3n) is 3.46. The summed E-state index contributed by atoms with van der Waals surface area (Å²) >= 11 is 0. The zero-order valence-electron chi connectivity index (χ0n) is 11.7. The monoisotopic (exact) mass is 281 g/mol. The van der Waals surface area contributed by atoms with Crippen LogP contribution < -0.4 is 0 Å². The van der Waals surface area contributed by atoms with E-state index in [1.807, 2.05) is 6.07 Å². The fraction of sp³-hybridized carbons (Fsp3) is 0.188. The van der Waals surface area contributed by atoms with Crippen LogP contribution in [0.15, 0.2) is 42.5 Å². The molecule has 0 aliphatic heterocycles. The van der Waals surface area contributed by atoms with Gasteiger partial charge in [0.1, 0.15) is 5.52 Å². The summed E-state index contributed by atoms with van der Waals surface area (Å²) in [5.74, 6) is -0.941. The van der Waals surface area contributed by atoms with Crippen LogP contribution in [-0.2, 0) is 13.0 Å². The number of nitrogens with zero attached hydrogens (tertiary/aromatic N) is 3. The highest BCUT2D eigenvalue weighted by Crippen LogP contribution is 2.15. The Morgan fingerprint density at radius 1 is 1.24 bits per heavy atom. The molecule has 0 saturated heterocycles. The normalized spacial score (nSPS) is 10.9. The van der Waals surface area contributed by atoms with E-state index in [4.69, 9.17) is 5.11 Å². The van der Waals surface area contributed by atoms with Crippen LogP contribution >= 0.6 is 0 Å². The van der Waals surface area contributed by atoms with E-state index in [9.17, 15) is 4.79 Å². The summed E-state index contributed by atoms with van der Waals surface area (Å²) in [6.07, 6.45) is 0.831. The van der Waals surface area contributed by atoms with Gasteiger partial charge in [-0.25, -0.2) is 9.48 Å². The molecule has 0 saturated carbocycles. The van der Waals surface area contributed by atoms with Crippen LogP contribution in [0, 0.1) is 6.92 Å². The highest BCUT2D eigenvalue weighted by Gasteiger charge is 2.09. The van der Waals surface area contributed by atoms with Crippen LogP contribution in [0.3, 0.4) is 0 Å². The van der Waals surface area contributed by atoms with Crippen molar-refractivity contribution in [2.24, 2.45) is 0 Å². The second kappa shape index (κ2) is 5.36. The summed E-state index contributed by atoms with van der Waals surface area (Å²) in [6.45, 7) is 2.73. The number of benzene rings is 2. The van der Waals surface area contributed by atoms with Crippen molar-refractivity contribution < 1.29 is 9.90 Å². The highest BCUT2D eigenvalue weighted by atomic mass is 16.4. The Morgan fingerprint density at radius 3 is 2.86 bits per heavy atom. The molecule has 5 heteroatoms. The Balaban J connectivity index is 1.86. The predicted octanol–water partition coefficient (Wildman–Crippen LogP) is 2.68. The Hall–Kier alpha value is -2.69. The first kappa shape index (κ1) is 13.3. The maximum absolute atomic E-state index is 11.0. The average Bonchev–Trinajstić information content (AvgIpc) is 2.87. The van der Waals surface area contributed by atoms with E-state index in [1.165, 1.54) is 11.1 Å². The molecule has 1 aromatic heterocycles. The summed E-state index contributed by atoms with van der Waals surface area (Å²) in [5.41, 5.74) is 4.17. The summed E-state index contributed by atoms with van der Waals surface area (Å²) in [7, 11) is 0. The molecule has 0 aliphatic rings. The largest absolute Gasteiger partial charge is 0.478 e. The summed E-state index contributed by atoms with van der Waals surface area (Å²) in [6, 6.07) is 13.2. The van der Waals surface area contributed by atoms with Gasteiger partial charge in [0.05, 0.1) is 11.1 Å². The van der Waals surface area contributed by atoms with Gasteiger partial charge in [0.2, 0.25) is 0 Å². The molecule has 21 heavy (non-hydrogen) atoms. The molecule has 0 atom stereocenters. The first-order chi connectivity index (χ1) is 10.1. The molecule has 0 amide bonds. The van der Waals surface area contributed by atoms with Gasteiger partial charge in [0.25, 0.3) is 0 Å². The molecule has 0 aliphatic carbocycles. The van der Waals surface area contributed by atoms with Crippen LogP contribution in [0.2, 0.25) is 0 Å². The van der Waals surface area contributed by atoms with Crippen molar-refractivity contribution in [3.05, 3.63) is 59.2 Å². The fourth-order valence-electron chi connectivity index (χ4n) is 2.37. The number of aromatic nitrogens is 3. The molecule has 1 heterocycles. The second-order valence-corrected chi connectivity index (χ2v) is 5.06. The van der Waals surface area contributed by atoms with E-state index in [1.54, 1.807) is 22.9 Å². The van der Waals surface area contributed by atoms with Crippen LogP contribution in [0.4, 0.5) is 0 Å². The quantitative estimate of drug-likeness (QED) is 0.798. The van der Waals surface area contributed by atoms with E-state index >= 15 is 0 Å². The predicted molar refractivity (Wildman–Crippen MR) is 79.4 cm³/mol. The number of hydrogen-bond donors (Lipinski definition) is 1. The van der Waals surface area contributed by atoms with Gasteiger partial charge in [0, 0.05) is 6.54 Å². The Morgan fingerprint density at radius 2 is 2.10 bits per heavy atom. The van der Waals surface area contributed by atoms with Gasteiger partial charge in [-0.05, 0) is 37.1 Å². The zero-order valence-corrected chi connectivity index (χ0v) is 11.7. The minimum atomic E-state index is -0.941. The van der Waals surface area contributed by atoms with E-state index in [-0.39, 0.29) is 5.56 Å². The smallest absolute Gasteiger partial charge is 0.335 e. The minimum Gasteiger partial charge on any atom is -0.478 e. The lowest BCUT2D eigenvalue weighted by atomic mass is 10.1. The highest BCUT2D eigenvalue weighted by molar-refractivity contribution is 5.92. The topological polar surface area (TPSA) is 68.0 Å². The van der Waals surface area contributed by atoms with Crippen molar-refractivity contribution in [1.82, 2.24) is 15.0 Å². The summed E-state index contributed by atoms with van der Waals surface area (Å²) < 4.78 is 1.75. The lowest BCUT2D eigenvalue weighted by Crippen LogP contribution is -2.04. The van der Waals surface area contributed by atoms with Gasteiger partial charge in [-0.1, -0.05) is 35.0 Å². The maximum atomic E-state index is 11.0. The van der Waals surface area contributed by atoms with Crippen molar-refractivity contribution in [2.75, 3.05) is 0 Å². The first-order valence-electron chi connectivity index (χ1n) is 6.75. The first-order valence-corrected chi connectivity index (χ1v) is 6.75. The van der Waals surface area contributed by atoms with Crippen molar-refractivity contribution in [2.45, 2.75) is 19.9 Å². The van der Waals surface area contributed by atoms with Crippen LogP contribution in [0.1, 0.15) is 21.5 Å². The van der Waals surface area contributed by atoms with E-state index in [2.05, 4.69) is 35.4 Å². The second-order valence-electron chi connectivity index (χ2n) is 5.06. The van der Waals surface area contributed by atoms with E-state index in [0.29, 0.717) is 12.1 Å². The number of rotatable bonds is 4. The van der Waals surface area contributed by atoms with Crippen molar-refractivity contribution >= 4 is 17.0 Å². The van der Waals surface area contributed by atoms with Crippen molar-refractivity contribution in [3.8, 4) is 0 Å². The molecule has 0 spiro atoms. The molecule has 0 bridgehead atoms. The molecule has 3 aromatic rings. The average molecular weight is 281 g/mol. The van der Waals surface area contributed by atoms with Crippen LogP contribution in [0.25, 0.3) is 11.0 Å². The van der Waals surface area contributed by atoms with Crippen LogP contribution in [-0.4, -0.2) is 26.1 Å². The molecular weight excluding hydrogens is 266 g/mol. The van der Waals surface area contributed by atoms with Crippen LogP contribution in [0.5, 0.6) is 0 Å². The zero-order chi connectivity index (χ0) is 14.8. The molecule has 0 unspecified atom stereocenters. The fourth-order valence-corrected chi connectivity index (χ4v) is 2.37. The van der Waals surface area contributed by atoms with Gasteiger partial charge in [0.15, 0.2) is 0 Å². The number of aryl methyl sites for hydroxylation is 3. The van der Waals surface area contributed by atoms with Gasteiger partial charge < -0.3 is 5.11 Å². The molecule has 5 nitrogen and oxygen atoms in total. The number of carbonyl (C=O) groups is 1. The van der Waals surface area contributed by atoms with Gasteiger partial charge >= 0.3 is 5.97 Å². The number of hydrogen-bond acceptors (Lipinski definition) is 3. The maximum Gasteiger partial charge on any atom is 0.335 e. The number of carboxylic acids is 1. The molecule has 2 aromatic carbocycles. The summed E-state index contributed by atoms with van der Waals surface area (Å²) in [5, 5.41) is 17.2. The van der Waals surface area contributed by atoms with E-state index in [0.717, 1.165) is 11.9 Å². The van der Waals surface area contributed by atoms with Gasteiger partial charge in [-0.3, -0.25) is 0 Å². The van der Waals surface area contributed by atoms with Gasteiger partial charge in [-0.2, -0.15) is 0 Å². The Labute approximate surface area is 121 Å². The molecule has 106 valence electrons. The number of aromatic carboxylic acids is 1. The molecule has 0 fully saturated rings. The Bertz CT molecular complexity index is 808. The molecule has 3 rings (SSSR count). The van der Waals surface area contributed by atoms with Gasteiger partial charge in [-0.15, -0.1) is 5.10 Å². The molecular formula is C16H15N3O2. The third-order valence-corrected chi connectivity index (χ3v) is 3.46. The number of fused-ring (bicyclic) bond motifs is 1. The number of carboxylic acid groups (broad SMARTS) is 1. The lowest BCUT2D eigenvalue weighted by Gasteiger charge is -2.04. The lowest BCUT2D eigenvalue weighted by molar-refractivity contribution is 0.0697.